The zero-order chi connectivity index (χ0) is 17.7. The largest absolute Gasteiger partial charge is 0.368 e. The van der Waals surface area contributed by atoms with Crippen molar-refractivity contribution in [3.8, 4) is 0 Å². The molecule has 0 bridgehead atoms. The Morgan fingerprint density at radius 1 is 1.21 bits per heavy atom. The van der Waals surface area contributed by atoms with Gasteiger partial charge in [-0.05, 0) is 18.4 Å². The maximum atomic E-state index is 12.7. The summed E-state index contributed by atoms with van der Waals surface area (Å²) in [7, 11) is 0. The summed E-state index contributed by atoms with van der Waals surface area (Å²) < 4.78 is 2.12. The minimum absolute atomic E-state index is 0.0515. The number of hydrogen-bond donors (Lipinski definition) is 2. The van der Waals surface area contributed by atoms with E-state index in [2.05, 4.69) is 16.8 Å². The van der Waals surface area contributed by atoms with Gasteiger partial charge in [0.2, 0.25) is 5.91 Å². The predicted molar refractivity (Wildman–Crippen MR) is 96.7 cm³/mol. The molecule has 0 aliphatic rings. The molecule has 130 valence electrons. The lowest BCUT2D eigenvalue weighted by Crippen LogP contribution is -2.47. The molecule has 2 rings (SSSR count). The number of hydrogen-bond acceptors (Lipinski definition) is 2. The van der Waals surface area contributed by atoms with Gasteiger partial charge in [0, 0.05) is 23.6 Å². The van der Waals surface area contributed by atoms with Crippen molar-refractivity contribution in [2.75, 3.05) is 0 Å². The SMILES string of the molecule is CCCCCn1cc(C(=O)N[C@H](C(N)=O)C(C)C)c2ccccc21. The van der Waals surface area contributed by atoms with Gasteiger partial charge < -0.3 is 15.6 Å². The number of amides is 2. The van der Waals surface area contributed by atoms with Gasteiger partial charge in [0.15, 0.2) is 0 Å². The molecule has 2 amide bonds. The summed E-state index contributed by atoms with van der Waals surface area (Å²) in [6.07, 6.45) is 5.27. The number of nitrogens with one attached hydrogen (secondary N) is 1. The van der Waals surface area contributed by atoms with Gasteiger partial charge in [-0.15, -0.1) is 0 Å². The fourth-order valence-corrected chi connectivity index (χ4v) is 2.93. The fourth-order valence-electron chi connectivity index (χ4n) is 2.93. The van der Waals surface area contributed by atoms with E-state index in [9.17, 15) is 9.59 Å². The number of carbonyl (C=O) groups excluding carboxylic acids is 2. The summed E-state index contributed by atoms with van der Waals surface area (Å²) in [6.45, 7) is 6.78. The monoisotopic (exact) mass is 329 g/mol. The summed E-state index contributed by atoms with van der Waals surface area (Å²) in [4.78, 5) is 24.2. The van der Waals surface area contributed by atoms with Crippen LogP contribution in [-0.2, 0) is 11.3 Å². The lowest BCUT2D eigenvalue weighted by Gasteiger charge is -2.18. The van der Waals surface area contributed by atoms with Crippen molar-refractivity contribution in [2.45, 2.75) is 52.6 Å². The Bertz CT molecular complexity index is 718. The van der Waals surface area contributed by atoms with Gasteiger partial charge in [0.05, 0.1) is 5.56 Å². The van der Waals surface area contributed by atoms with Crippen molar-refractivity contribution in [3.63, 3.8) is 0 Å². The van der Waals surface area contributed by atoms with Gasteiger partial charge in [-0.2, -0.15) is 0 Å². The highest BCUT2D eigenvalue weighted by Gasteiger charge is 2.24. The van der Waals surface area contributed by atoms with Crippen LogP contribution in [0.1, 0.15) is 50.4 Å². The Labute approximate surface area is 143 Å². The predicted octanol–water partition coefficient (Wildman–Crippen LogP) is 3.07. The average molecular weight is 329 g/mol. The number of carbonyl (C=O) groups is 2. The number of rotatable bonds is 8. The second-order valence-electron chi connectivity index (χ2n) is 6.56. The number of aromatic nitrogens is 1. The molecular formula is C19H27N3O2. The van der Waals surface area contributed by atoms with Crippen LogP contribution in [0.4, 0.5) is 0 Å². The number of unbranched alkanes of at least 4 members (excludes halogenated alkanes) is 2. The van der Waals surface area contributed by atoms with Crippen LogP contribution in [0.3, 0.4) is 0 Å². The van der Waals surface area contributed by atoms with Gasteiger partial charge >= 0.3 is 0 Å². The van der Waals surface area contributed by atoms with Crippen molar-refractivity contribution in [2.24, 2.45) is 11.7 Å². The molecule has 1 atom stereocenters. The quantitative estimate of drug-likeness (QED) is 0.730. The number of fused-ring (bicyclic) bond motifs is 1. The van der Waals surface area contributed by atoms with Crippen molar-refractivity contribution in [3.05, 3.63) is 36.0 Å². The molecule has 1 aromatic heterocycles. The van der Waals surface area contributed by atoms with Crippen molar-refractivity contribution < 1.29 is 9.59 Å². The maximum absolute atomic E-state index is 12.7. The van der Waals surface area contributed by atoms with Crippen LogP contribution in [-0.4, -0.2) is 22.4 Å². The minimum Gasteiger partial charge on any atom is -0.368 e. The van der Waals surface area contributed by atoms with E-state index in [0.29, 0.717) is 5.56 Å². The highest BCUT2D eigenvalue weighted by atomic mass is 16.2. The number of benzene rings is 1. The first kappa shape index (κ1) is 18.0. The summed E-state index contributed by atoms with van der Waals surface area (Å²) in [5.74, 6) is -0.813. The first-order chi connectivity index (χ1) is 11.5. The third kappa shape index (κ3) is 3.96. The lowest BCUT2D eigenvalue weighted by atomic mass is 10.0. The van der Waals surface area contributed by atoms with E-state index in [1.165, 1.54) is 0 Å². The number of primary amides is 1. The summed E-state index contributed by atoms with van der Waals surface area (Å²) in [5.41, 5.74) is 7.04. The Balaban J connectivity index is 2.30. The summed E-state index contributed by atoms with van der Waals surface area (Å²) in [5, 5.41) is 3.68. The molecule has 0 unspecified atom stereocenters. The standard InChI is InChI=1S/C19H27N3O2/c1-4-5-8-11-22-12-15(14-9-6-7-10-16(14)22)19(24)21-17(13(2)3)18(20)23/h6-7,9-10,12-13,17H,4-5,8,11H2,1-3H3,(H2,20,23)(H,21,24)/t17-/m0/s1. The molecule has 1 heterocycles. The first-order valence-electron chi connectivity index (χ1n) is 8.63. The van der Waals surface area contributed by atoms with Gasteiger partial charge in [-0.3, -0.25) is 9.59 Å². The van der Waals surface area contributed by atoms with Crippen LogP contribution in [0.25, 0.3) is 10.9 Å². The molecule has 0 aliphatic heterocycles. The van der Waals surface area contributed by atoms with Crippen molar-refractivity contribution >= 4 is 22.7 Å². The third-order valence-electron chi connectivity index (χ3n) is 4.30. The zero-order valence-corrected chi connectivity index (χ0v) is 14.7. The number of nitrogens with zero attached hydrogens (tertiary/aromatic N) is 1. The molecule has 0 radical (unpaired) electrons. The molecule has 1 aromatic carbocycles. The topological polar surface area (TPSA) is 77.1 Å². The van der Waals surface area contributed by atoms with Crippen molar-refractivity contribution in [1.82, 2.24) is 9.88 Å². The zero-order valence-electron chi connectivity index (χ0n) is 14.7. The Morgan fingerprint density at radius 3 is 2.54 bits per heavy atom. The average Bonchev–Trinajstić information content (AvgIpc) is 2.91. The van der Waals surface area contributed by atoms with Crippen LogP contribution >= 0.6 is 0 Å². The molecule has 24 heavy (non-hydrogen) atoms. The van der Waals surface area contributed by atoms with Crippen LogP contribution < -0.4 is 11.1 Å². The highest BCUT2D eigenvalue weighted by Crippen LogP contribution is 2.22. The fraction of sp³-hybridized carbons (Fsp3) is 0.474. The van der Waals surface area contributed by atoms with Gasteiger partial charge in [-0.25, -0.2) is 0 Å². The molecule has 5 heteroatoms. The van der Waals surface area contributed by atoms with Gasteiger partial charge in [0.1, 0.15) is 6.04 Å². The maximum Gasteiger partial charge on any atom is 0.254 e. The Hall–Kier alpha value is -2.30. The lowest BCUT2D eigenvalue weighted by molar-refractivity contribution is -0.120. The van der Waals surface area contributed by atoms with E-state index in [4.69, 9.17) is 5.73 Å². The number of para-hydroxylation sites is 1. The molecule has 0 saturated carbocycles. The van der Waals surface area contributed by atoms with Crippen LogP contribution in [0.15, 0.2) is 30.5 Å². The molecule has 0 saturated heterocycles. The molecule has 0 spiro atoms. The van der Waals surface area contributed by atoms with E-state index >= 15 is 0 Å². The third-order valence-corrected chi connectivity index (χ3v) is 4.30. The Morgan fingerprint density at radius 2 is 1.92 bits per heavy atom. The Kier molecular flexibility index (Phi) is 6.01. The summed E-state index contributed by atoms with van der Waals surface area (Å²) >= 11 is 0. The highest BCUT2D eigenvalue weighted by molar-refractivity contribution is 6.08. The van der Waals surface area contributed by atoms with E-state index in [1.54, 1.807) is 0 Å². The normalized spacial score (nSPS) is 12.5. The van der Waals surface area contributed by atoms with Crippen LogP contribution in [0, 0.1) is 5.92 Å². The molecule has 5 nitrogen and oxygen atoms in total. The van der Waals surface area contributed by atoms with E-state index in [0.717, 1.165) is 36.7 Å². The second kappa shape index (κ2) is 7.99. The summed E-state index contributed by atoms with van der Waals surface area (Å²) in [6, 6.07) is 7.19. The molecule has 3 N–H and O–H groups in total. The van der Waals surface area contributed by atoms with Crippen molar-refractivity contribution in [1.29, 1.82) is 0 Å². The first-order valence-corrected chi connectivity index (χ1v) is 8.63. The number of nitrogens with two attached hydrogens (primary N) is 1. The van der Waals surface area contributed by atoms with E-state index < -0.39 is 11.9 Å². The molecule has 0 aliphatic carbocycles. The number of aryl methyl sites for hydroxylation is 1. The van der Waals surface area contributed by atoms with Crippen LogP contribution in [0.5, 0.6) is 0 Å². The van der Waals surface area contributed by atoms with Gasteiger partial charge in [-0.1, -0.05) is 51.8 Å². The van der Waals surface area contributed by atoms with E-state index in [1.807, 2.05) is 44.3 Å². The van der Waals surface area contributed by atoms with E-state index in [-0.39, 0.29) is 11.8 Å². The smallest absolute Gasteiger partial charge is 0.254 e. The second-order valence-corrected chi connectivity index (χ2v) is 6.56. The molecule has 0 fully saturated rings. The molecular weight excluding hydrogens is 302 g/mol. The van der Waals surface area contributed by atoms with Crippen LogP contribution in [0.2, 0.25) is 0 Å². The van der Waals surface area contributed by atoms with Gasteiger partial charge in [0.25, 0.3) is 5.91 Å². The minimum atomic E-state index is -0.667. The molecule has 2 aromatic rings.